The van der Waals surface area contributed by atoms with Crippen molar-refractivity contribution < 1.29 is 24.2 Å². The molecule has 2 aromatic carbocycles. The van der Waals surface area contributed by atoms with E-state index in [-0.39, 0.29) is 18.3 Å². The highest BCUT2D eigenvalue weighted by Gasteiger charge is 2.51. The van der Waals surface area contributed by atoms with E-state index in [1.54, 1.807) is 24.4 Å². The molecule has 2 heterocycles. The number of aromatic carboxylic acids is 1. The van der Waals surface area contributed by atoms with Gasteiger partial charge in [0.1, 0.15) is 0 Å². The number of carboxylic acids is 1. The van der Waals surface area contributed by atoms with Gasteiger partial charge in [-0.2, -0.15) is 0 Å². The number of nitrogens with zero attached hydrogens (tertiary/aromatic N) is 1. The highest BCUT2D eigenvalue weighted by Crippen LogP contribution is 2.51. The number of hydrogen-bond donors (Lipinski definition) is 2. The summed E-state index contributed by atoms with van der Waals surface area (Å²) in [5, 5.41) is 12.3. The first kappa shape index (κ1) is 19.1. The van der Waals surface area contributed by atoms with Crippen molar-refractivity contribution in [3.8, 4) is 22.6 Å². The fraction of sp³-hybridized carbons (Fsp3) is 0.208. The lowest BCUT2D eigenvalue weighted by Crippen LogP contribution is -2.27. The number of nitrogens with one attached hydrogen (secondary N) is 1. The van der Waals surface area contributed by atoms with Gasteiger partial charge >= 0.3 is 5.97 Å². The monoisotopic (exact) mass is 416 g/mol. The molecule has 31 heavy (non-hydrogen) atoms. The zero-order valence-electron chi connectivity index (χ0n) is 16.8. The van der Waals surface area contributed by atoms with Crippen LogP contribution in [-0.2, 0) is 10.2 Å². The number of ether oxygens (including phenoxy) is 2. The van der Waals surface area contributed by atoms with Crippen molar-refractivity contribution in [2.75, 3.05) is 12.1 Å². The highest BCUT2D eigenvalue weighted by molar-refractivity contribution is 6.02. The standard InChI is InChI=1S/C24H20N2O5/c1-14-19(15-3-2-4-16(9-15)22(27)28)11-18(12-25-14)26-23(29)24(7-8-24)17-5-6-20-21(10-17)31-13-30-20/h2-6,9-12H,7-8,13H2,1H3,(H,26,29)(H,27,28). The molecule has 0 atom stereocenters. The molecule has 1 aliphatic heterocycles. The molecule has 0 bridgehead atoms. The first-order chi connectivity index (χ1) is 15.0. The van der Waals surface area contributed by atoms with Crippen molar-refractivity contribution in [2.24, 2.45) is 0 Å². The number of pyridine rings is 1. The lowest BCUT2D eigenvalue weighted by molar-refractivity contribution is -0.118. The van der Waals surface area contributed by atoms with Crippen molar-refractivity contribution in [2.45, 2.75) is 25.2 Å². The third-order valence-electron chi connectivity index (χ3n) is 5.88. The molecule has 2 aliphatic rings. The lowest BCUT2D eigenvalue weighted by atomic mass is 9.94. The Bertz CT molecular complexity index is 1220. The summed E-state index contributed by atoms with van der Waals surface area (Å²) >= 11 is 0. The molecule has 3 aromatic rings. The van der Waals surface area contributed by atoms with Crippen molar-refractivity contribution in [3.05, 3.63) is 71.5 Å². The van der Waals surface area contributed by atoms with Gasteiger partial charge in [0.05, 0.1) is 22.9 Å². The summed E-state index contributed by atoms with van der Waals surface area (Å²) in [6.45, 7) is 2.04. The number of benzene rings is 2. The zero-order chi connectivity index (χ0) is 21.6. The molecular weight excluding hydrogens is 396 g/mol. The number of aryl methyl sites for hydroxylation is 1. The van der Waals surface area contributed by atoms with Crippen LogP contribution in [0.4, 0.5) is 5.69 Å². The summed E-state index contributed by atoms with van der Waals surface area (Å²) < 4.78 is 10.8. The maximum atomic E-state index is 13.2. The zero-order valence-corrected chi connectivity index (χ0v) is 16.8. The molecule has 1 saturated carbocycles. The number of amides is 1. The number of carbonyl (C=O) groups is 2. The lowest BCUT2D eigenvalue weighted by Gasteiger charge is -2.17. The summed E-state index contributed by atoms with van der Waals surface area (Å²) in [5.74, 6) is 0.267. The van der Waals surface area contributed by atoms with Crippen LogP contribution < -0.4 is 14.8 Å². The van der Waals surface area contributed by atoms with E-state index in [1.807, 2.05) is 37.3 Å². The Hall–Kier alpha value is -3.87. The molecule has 2 N–H and O–H groups in total. The normalized spacial score (nSPS) is 15.4. The summed E-state index contributed by atoms with van der Waals surface area (Å²) in [6.07, 6.45) is 3.13. The van der Waals surface area contributed by atoms with Gasteiger partial charge < -0.3 is 19.9 Å². The van der Waals surface area contributed by atoms with Crippen LogP contribution in [0.3, 0.4) is 0 Å². The number of aromatic nitrogens is 1. The third-order valence-corrected chi connectivity index (χ3v) is 5.88. The molecule has 0 saturated heterocycles. The van der Waals surface area contributed by atoms with Crippen LogP contribution in [0.15, 0.2) is 54.7 Å². The molecule has 0 spiro atoms. The molecule has 1 aromatic heterocycles. The minimum Gasteiger partial charge on any atom is -0.478 e. The Labute approximate surface area is 178 Å². The van der Waals surface area contributed by atoms with Crippen LogP contribution in [0.1, 0.15) is 34.5 Å². The van der Waals surface area contributed by atoms with E-state index in [0.717, 1.165) is 35.2 Å². The second-order valence-corrected chi connectivity index (χ2v) is 7.85. The maximum Gasteiger partial charge on any atom is 0.335 e. The SMILES string of the molecule is Cc1ncc(NC(=O)C2(c3ccc4c(c3)OCO4)CC2)cc1-c1cccc(C(=O)O)c1. The Morgan fingerprint density at radius 3 is 2.65 bits per heavy atom. The van der Waals surface area contributed by atoms with Crippen LogP contribution in [0, 0.1) is 6.92 Å². The van der Waals surface area contributed by atoms with E-state index in [0.29, 0.717) is 17.2 Å². The van der Waals surface area contributed by atoms with Gasteiger partial charge in [0.25, 0.3) is 0 Å². The minimum atomic E-state index is -0.990. The van der Waals surface area contributed by atoms with E-state index in [1.165, 1.54) is 0 Å². The molecule has 1 aliphatic carbocycles. The van der Waals surface area contributed by atoms with Crippen LogP contribution in [0.25, 0.3) is 11.1 Å². The maximum absolute atomic E-state index is 13.2. The number of carbonyl (C=O) groups excluding carboxylic acids is 1. The number of rotatable bonds is 5. The molecule has 7 heteroatoms. The Morgan fingerprint density at radius 2 is 1.87 bits per heavy atom. The quantitative estimate of drug-likeness (QED) is 0.648. The van der Waals surface area contributed by atoms with Crippen LogP contribution >= 0.6 is 0 Å². The molecular formula is C24H20N2O5. The summed E-state index contributed by atoms with van der Waals surface area (Å²) in [7, 11) is 0. The van der Waals surface area contributed by atoms with Gasteiger partial charge in [-0.25, -0.2) is 4.79 Å². The Balaban J connectivity index is 1.42. The van der Waals surface area contributed by atoms with Crippen molar-refractivity contribution in [3.63, 3.8) is 0 Å². The van der Waals surface area contributed by atoms with E-state index < -0.39 is 11.4 Å². The molecule has 7 nitrogen and oxygen atoms in total. The van der Waals surface area contributed by atoms with Gasteiger partial charge in [-0.3, -0.25) is 9.78 Å². The fourth-order valence-electron chi connectivity index (χ4n) is 3.93. The van der Waals surface area contributed by atoms with Gasteiger partial charge in [-0.1, -0.05) is 18.2 Å². The third kappa shape index (κ3) is 3.38. The van der Waals surface area contributed by atoms with Gasteiger partial charge in [0.15, 0.2) is 11.5 Å². The first-order valence-corrected chi connectivity index (χ1v) is 9.98. The molecule has 156 valence electrons. The van der Waals surface area contributed by atoms with Crippen molar-refractivity contribution in [1.29, 1.82) is 0 Å². The second kappa shape index (κ2) is 7.12. The number of carboxylic acid groups (broad SMARTS) is 1. The molecule has 0 radical (unpaired) electrons. The molecule has 1 amide bonds. The second-order valence-electron chi connectivity index (χ2n) is 7.85. The molecule has 1 fully saturated rings. The topological polar surface area (TPSA) is 97.8 Å². The smallest absolute Gasteiger partial charge is 0.335 e. The fourth-order valence-corrected chi connectivity index (χ4v) is 3.93. The van der Waals surface area contributed by atoms with Gasteiger partial charge in [-0.15, -0.1) is 0 Å². The highest BCUT2D eigenvalue weighted by atomic mass is 16.7. The predicted molar refractivity (Wildman–Crippen MR) is 113 cm³/mol. The van der Waals surface area contributed by atoms with Gasteiger partial charge in [0.2, 0.25) is 12.7 Å². The molecule has 5 rings (SSSR count). The van der Waals surface area contributed by atoms with E-state index in [9.17, 15) is 14.7 Å². The average Bonchev–Trinajstić information content (AvgIpc) is 3.46. The van der Waals surface area contributed by atoms with Gasteiger partial charge in [0, 0.05) is 11.3 Å². The average molecular weight is 416 g/mol. The van der Waals surface area contributed by atoms with E-state index in [2.05, 4.69) is 10.3 Å². The predicted octanol–water partition coefficient (Wildman–Crippen LogP) is 4.15. The first-order valence-electron chi connectivity index (χ1n) is 9.98. The van der Waals surface area contributed by atoms with Crippen molar-refractivity contribution >= 4 is 17.6 Å². The number of fused-ring (bicyclic) bond motifs is 1. The summed E-state index contributed by atoms with van der Waals surface area (Å²) in [5.41, 5.74) is 3.34. The summed E-state index contributed by atoms with van der Waals surface area (Å²) in [4.78, 5) is 28.9. The van der Waals surface area contributed by atoms with Gasteiger partial charge in [-0.05, 0) is 61.2 Å². The number of hydrogen-bond acceptors (Lipinski definition) is 5. The van der Waals surface area contributed by atoms with E-state index >= 15 is 0 Å². The van der Waals surface area contributed by atoms with Crippen LogP contribution in [0.5, 0.6) is 11.5 Å². The van der Waals surface area contributed by atoms with Crippen LogP contribution in [-0.4, -0.2) is 28.8 Å². The molecule has 0 unspecified atom stereocenters. The largest absolute Gasteiger partial charge is 0.478 e. The van der Waals surface area contributed by atoms with Crippen molar-refractivity contribution in [1.82, 2.24) is 4.98 Å². The van der Waals surface area contributed by atoms with E-state index in [4.69, 9.17) is 9.47 Å². The van der Waals surface area contributed by atoms with Crippen LogP contribution in [0.2, 0.25) is 0 Å². The number of anilines is 1. The Morgan fingerprint density at radius 1 is 1.06 bits per heavy atom. The summed E-state index contributed by atoms with van der Waals surface area (Å²) in [6, 6.07) is 14.1. The minimum absolute atomic E-state index is 0.0951. The Kier molecular flexibility index (Phi) is 4.39.